The van der Waals surface area contributed by atoms with E-state index in [1.807, 2.05) is 11.9 Å². The van der Waals surface area contributed by atoms with Crippen LogP contribution in [0, 0.1) is 0 Å². The zero-order valence-electron chi connectivity index (χ0n) is 6.24. The Morgan fingerprint density at radius 2 is 2.50 bits per heavy atom. The minimum Gasteiger partial charge on any atom is -0.328 e. The van der Waals surface area contributed by atoms with Crippen molar-refractivity contribution in [1.29, 1.82) is 0 Å². The Morgan fingerprint density at radius 1 is 1.70 bits per heavy atom. The molecule has 0 radical (unpaired) electrons. The maximum Gasteiger partial charge on any atom is 0.323 e. The van der Waals surface area contributed by atoms with E-state index in [1.54, 1.807) is 0 Å². The Labute approximate surface area is 59.8 Å². The van der Waals surface area contributed by atoms with E-state index in [0.29, 0.717) is 6.01 Å². The molecule has 0 amide bonds. The maximum atomic E-state index is 4.81. The molecule has 0 spiro atoms. The second-order valence-electron chi connectivity index (χ2n) is 2.15. The highest BCUT2D eigenvalue weighted by atomic mass is 16.5. The summed E-state index contributed by atoms with van der Waals surface area (Å²) in [6, 6.07) is 0.585. The summed E-state index contributed by atoms with van der Waals surface area (Å²) in [7, 11) is 1.93. The van der Waals surface area contributed by atoms with Crippen LogP contribution in [0.5, 0.6) is 0 Å². The van der Waals surface area contributed by atoms with Gasteiger partial charge in [0.15, 0.2) is 6.33 Å². The van der Waals surface area contributed by atoms with Crippen molar-refractivity contribution >= 4 is 6.01 Å². The van der Waals surface area contributed by atoms with E-state index in [4.69, 9.17) is 4.52 Å². The third-order valence-electron chi connectivity index (χ3n) is 1.24. The first-order chi connectivity index (χ1) is 4.84. The lowest BCUT2D eigenvalue weighted by Gasteiger charge is -2.10. The zero-order valence-corrected chi connectivity index (χ0v) is 6.24. The van der Waals surface area contributed by atoms with Gasteiger partial charge in [0.1, 0.15) is 0 Å². The Balaban J connectivity index is 2.50. The van der Waals surface area contributed by atoms with Crippen LogP contribution in [0.4, 0.5) is 6.01 Å². The van der Waals surface area contributed by atoms with Gasteiger partial charge in [0.2, 0.25) is 0 Å². The van der Waals surface area contributed by atoms with Gasteiger partial charge in [-0.3, -0.25) is 0 Å². The van der Waals surface area contributed by atoms with Crippen LogP contribution in [-0.2, 0) is 0 Å². The molecule has 0 unspecified atom stereocenters. The molecule has 1 rings (SSSR count). The molecule has 4 heteroatoms. The Bertz CT molecular complexity index is 173. The van der Waals surface area contributed by atoms with E-state index in [-0.39, 0.29) is 0 Å². The number of anilines is 1. The molecule has 1 heterocycles. The molecule has 0 aromatic carbocycles. The monoisotopic (exact) mass is 141 g/mol. The van der Waals surface area contributed by atoms with Gasteiger partial charge in [-0.25, -0.2) is 0 Å². The number of nitrogens with zero attached hydrogens (tertiary/aromatic N) is 3. The van der Waals surface area contributed by atoms with E-state index in [0.717, 1.165) is 13.0 Å². The predicted octanol–water partition coefficient (Wildman–Crippen LogP) is 0.916. The Morgan fingerprint density at radius 3 is 3.00 bits per heavy atom. The van der Waals surface area contributed by atoms with Crippen molar-refractivity contribution in [3.63, 3.8) is 0 Å². The van der Waals surface area contributed by atoms with Crippen molar-refractivity contribution in [3.8, 4) is 0 Å². The SMILES string of the molecule is CCCN(C)c1ncno1. The van der Waals surface area contributed by atoms with Crippen molar-refractivity contribution in [2.24, 2.45) is 0 Å². The Kier molecular flexibility index (Phi) is 2.25. The molecule has 0 N–H and O–H groups in total. The standard InChI is InChI=1S/C6H11N3O/c1-3-4-9(2)6-7-5-8-10-6/h5H,3-4H2,1-2H3. The molecule has 0 aliphatic rings. The summed E-state index contributed by atoms with van der Waals surface area (Å²) in [4.78, 5) is 5.81. The largest absolute Gasteiger partial charge is 0.328 e. The highest BCUT2D eigenvalue weighted by molar-refractivity contribution is 5.20. The lowest BCUT2D eigenvalue weighted by molar-refractivity contribution is 0.416. The second-order valence-corrected chi connectivity index (χ2v) is 2.15. The maximum absolute atomic E-state index is 4.81. The van der Waals surface area contributed by atoms with Crippen molar-refractivity contribution < 1.29 is 4.52 Å². The van der Waals surface area contributed by atoms with Crippen molar-refractivity contribution in [1.82, 2.24) is 10.1 Å². The van der Waals surface area contributed by atoms with Crippen LogP contribution in [0.2, 0.25) is 0 Å². The second kappa shape index (κ2) is 3.20. The molecule has 0 saturated heterocycles. The summed E-state index contributed by atoms with van der Waals surface area (Å²) in [5, 5.41) is 3.50. The minimum atomic E-state index is 0.585. The summed E-state index contributed by atoms with van der Waals surface area (Å²) in [5.74, 6) is 0. The molecule has 0 saturated carbocycles. The molecule has 0 aliphatic heterocycles. The first-order valence-corrected chi connectivity index (χ1v) is 3.32. The molecule has 0 aliphatic carbocycles. The van der Waals surface area contributed by atoms with E-state index in [1.165, 1.54) is 6.33 Å². The first kappa shape index (κ1) is 7.05. The molecule has 1 aromatic heterocycles. The van der Waals surface area contributed by atoms with Crippen LogP contribution < -0.4 is 4.90 Å². The van der Waals surface area contributed by atoms with Crippen LogP contribution in [0.3, 0.4) is 0 Å². The average molecular weight is 141 g/mol. The van der Waals surface area contributed by atoms with Gasteiger partial charge >= 0.3 is 6.01 Å². The number of rotatable bonds is 3. The smallest absolute Gasteiger partial charge is 0.323 e. The van der Waals surface area contributed by atoms with Gasteiger partial charge in [-0.1, -0.05) is 12.1 Å². The normalized spacial score (nSPS) is 9.80. The molecule has 0 atom stereocenters. The fourth-order valence-electron chi connectivity index (χ4n) is 0.767. The van der Waals surface area contributed by atoms with Gasteiger partial charge in [0.05, 0.1) is 0 Å². The number of aromatic nitrogens is 2. The fraction of sp³-hybridized carbons (Fsp3) is 0.667. The van der Waals surface area contributed by atoms with Gasteiger partial charge in [-0.2, -0.15) is 4.98 Å². The molecule has 4 nitrogen and oxygen atoms in total. The average Bonchev–Trinajstić information content (AvgIpc) is 2.38. The molecular formula is C6H11N3O. The predicted molar refractivity (Wildman–Crippen MR) is 37.9 cm³/mol. The highest BCUT2D eigenvalue weighted by Gasteiger charge is 2.02. The van der Waals surface area contributed by atoms with E-state index in [2.05, 4.69) is 17.1 Å². The van der Waals surface area contributed by atoms with E-state index < -0.39 is 0 Å². The van der Waals surface area contributed by atoms with Crippen LogP contribution in [0.15, 0.2) is 10.9 Å². The van der Waals surface area contributed by atoms with Crippen LogP contribution in [0.1, 0.15) is 13.3 Å². The summed E-state index contributed by atoms with van der Waals surface area (Å²) < 4.78 is 4.81. The zero-order chi connectivity index (χ0) is 7.40. The van der Waals surface area contributed by atoms with Gasteiger partial charge in [-0.05, 0) is 6.42 Å². The molecule has 0 bridgehead atoms. The number of hydrogen-bond acceptors (Lipinski definition) is 4. The summed E-state index contributed by atoms with van der Waals surface area (Å²) in [5.41, 5.74) is 0. The molecule has 56 valence electrons. The highest BCUT2D eigenvalue weighted by Crippen LogP contribution is 2.04. The van der Waals surface area contributed by atoms with Crippen LogP contribution in [-0.4, -0.2) is 23.7 Å². The van der Waals surface area contributed by atoms with Gasteiger partial charge in [-0.15, -0.1) is 0 Å². The quantitative estimate of drug-likeness (QED) is 0.627. The van der Waals surface area contributed by atoms with Crippen molar-refractivity contribution in [3.05, 3.63) is 6.33 Å². The van der Waals surface area contributed by atoms with Crippen LogP contribution >= 0.6 is 0 Å². The van der Waals surface area contributed by atoms with E-state index >= 15 is 0 Å². The molecular weight excluding hydrogens is 130 g/mol. The molecule has 1 aromatic rings. The van der Waals surface area contributed by atoms with E-state index in [9.17, 15) is 0 Å². The van der Waals surface area contributed by atoms with Gasteiger partial charge in [0.25, 0.3) is 0 Å². The number of hydrogen-bond donors (Lipinski definition) is 0. The first-order valence-electron chi connectivity index (χ1n) is 3.32. The summed E-state index contributed by atoms with van der Waals surface area (Å²) >= 11 is 0. The fourth-order valence-corrected chi connectivity index (χ4v) is 0.767. The lowest BCUT2D eigenvalue weighted by atomic mass is 10.5. The third kappa shape index (κ3) is 1.46. The van der Waals surface area contributed by atoms with Gasteiger partial charge < -0.3 is 9.42 Å². The van der Waals surface area contributed by atoms with Crippen molar-refractivity contribution in [2.75, 3.05) is 18.5 Å². The van der Waals surface area contributed by atoms with Gasteiger partial charge in [0, 0.05) is 13.6 Å². The summed E-state index contributed by atoms with van der Waals surface area (Å²) in [6.07, 6.45) is 2.49. The lowest BCUT2D eigenvalue weighted by Crippen LogP contribution is -2.17. The summed E-state index contributed by atoms with van der Waals surface area (Å²) in [6.45, 7) is 3.05. The molecule has 10 heavy (non-hydrogen) atoms. The van der Waals surface area contributed by atoms with Crippen LogP contribution in [0.25, 0.3) is 0 Å². The third-order valence-corrected chi connectivity index (χ3v) is 1.24. The topological polar surface area (TPSA) is 42.2 Å². The molecule has 0 fully saturated rings. The minimum absolute atomic E-state index is 0.585. The Hall–Kier alpha value is -1.06. The van der Waals surface area contributed by atoms with Crippen molar-refractivity contribution in [2.45, 2.75) is 13.3 Å².